The van der Waals surface area contributed by atoms with Crippen LogP contribution in [0.4, 0.5) is 0 Å². The van der Waals surface area contributed by atoms with Crippen LogP contribution in [0.3, 0.4) is 0 Å². The molecule has 4 saturated carbocycles. The minimum atomic E-state index is -0.174. The van der Waals surface area contributed by atoms with Crippen LogP contribution in [0.5, 0.6) is 23.0 Å². The topological polar surface area (TPSA) is 177 Å². The number of hydrogen-bond donors (Lipinski definition) is 12. The molecule has 4 aliphatic carbocycles. The van der Waals surface area contributed by atoms with E-state index in [0.29, 0.717) is 72.3 Å². The monoisotopic (exact) mass is 1460 g/mol. The second-order valence-electron chi connectivity index (χ2n) is 33.6. The van der Waals surface area contributed by atoms with Crippen molar-refractivity contribution >= 4 is 0 Å². The number of fused-ring (bicyclic) bond motifs is 20. The minimum absolute atomic E-state index is 0. The molecule has 105 heavy (non-hydrogen) atoms. The number of aromatic hydroxyl groups is 4. The van der Waals surface area contributed by atoms with Gasteiger partial charge < -0.3 is 20.4 Å². The number of rotatable bonds is 8. The smallest absolute Gasteiger partial charge is 0.119 e. The van der Waals surface area contributed by atoms with Crippen molar-refractivity contribution in [3.63, 3.8) is 0 Å². The molecule has 9 fully saturated rings. The van der Waals surface area contributed by atoms with Gasteiger partial charge in [-0.05, 0) is 145 Å². The van der Waals surface area contributed by atoms with Crippen LogP contribution in [0.2, 0.25) is 0 Å². The van der Waals surface area contributed by atoms with E-state index in [-0.39, 0.29) is 41.1 Å². The van der Waals surface area contributed by atoms with E-state index in [4.69, 9.17) is 0 Å². The van der Waals surface area contributed by atoms with E-state index in [9.17, 15) is 20.4 Å². The molecule has 8 aromatic rings. The van der Waals surface area contributed by atoms with Crippen molar-refractivity contribution in [3.05, 3.63) is 263 Å². The fourth-order valence-electron chi connectivity index (χ4n) is 20.0. The van der Waals surface area contributed by atoms with Crippen LogP contribution in [0.1, 0.15) is 203 Å². The molecule has 554 valence electrons. The molecule has 5 saturated heterocycles. The van der Waals surface area contributed by atoms with Crippen LogP contribution in [0.25, 0.3) is 0 Å². The molecule has 0 spiro atoms. The molecule has 0 aromatic heterocycles. The van der Waals surface area contributed by atoms with E-state index in [1.54, 1.807) is 24.3 Å². The van der Waals surface area contributed by atoms with Gasteiger partial charge in [-0.2, -0.15) is 0 Å². The van der Waals surface area contributed by atoms with Crippen LogP contribution >= 0.6 is 0 Å². The first-order chi connectivity index (χ1) is 50.3. The number of nitrogens with one attached hydrogen (secondary N) is 8. The van der Waals surface area contributed by atoms with Crippen LogP contribution in [0, 0.1) is 47.3 Å². The molecular formula is C92H120N8O4Zn. The number of para-hydroxylation sites is 4. The quantitative estimate of drug-likeness (QED) is 0.0650. The number of phenolic OH excluding ortho intramolecular Hbond substituents is 4. The van der Waals surface area contributed by atoms with Gasteiger partial charge in [0.15, 0.2) is 0 Å². The first-order valence-corrected chi connectivity index (χ1v) is 39.7. The normalized spacial score (nSPS) is 28.9. The predicted octanol–water partition coefficient (Wildman–Crippen LogP) is 17.5. The molecule has 13 heteroatoms. The van der Waals surface area contributed by atoms with Crippen molar-refractivity contribution in [3.8, 4) is 23.0 Å². The van der Waals surface area contributed by atoms with Crippen LogP contribution in [-0.4, -0.2) is 69.8 Å². The SMILES string of the molecule is C1CCC2C3NC(NC4NC(NC5NC(NC6NC(N3)C3CCCCC63)C3CCCCC53)C3CCCCC43)C2C1.CC(C)(c1ccccc1)c1ccccc1O.CC(C)(c1ccccc1)c1ccccc1O.CC(C)(c1ccccc1)c1ccccc1O.CC(C)(c1ccccc1)c1ccccc1O.[Zn]. The molecule has 5 aliphatic heterocycles. The fourth-order valence-corrected chi connectivity index (χ4v) is 20.0. The Morgan fingerprint density at radius 1 is 0.210 bits per heavy atom. The Labute approximate surface area is 640 Å². The zero-order valence-corrected chi connectivity index (χ0v) is 66.8. The second-order valence-corrected chi connectivity index (χ2v) is 33.6. The summed E-state index contributed by atoms with van der Waals surface area (Å²) in [6, 6.07) is 71.0. The number of benzene rings is 8. The van der Waals surface area contributed by atoms with Crippen LogP contribution in [0.15, 0.2) is 218 Å². The van der Waals surface area contributed by atoms with E-state index in [1.807, 2.05) is 146 Å². The molecule has 12 N–H and O–H groups in total. The maximum Gasteiger partial charge on any atom is 0.119 e. The van der Waals surface area contributed by atoms with Crippen molar-refractivity contribution in [1.29, 1.82) is 0 Å². The minimum Gasteiger partial charge on any atom is -0.508 e. The molecule has 8 atom stereocenters. The van der Waals surface area contributed by atoms with Gasteiger partial charge in [0.25, 0.3) is 0 Å². The number of phenols is 4. The molecule has 17 rings (SSSR count). The molecule has 9 aliphatic rings. The Kier molecular flexibility index (Phi) is 25.7. The Morgan fingerprint density at radius 3 is 0.486 bits per heavy atom. The van der Waals surface area contributed by atoms with Crippen molar-refractivity contribution in [2.45, 2.75) is 229 Å². The zero-order valence-electron chi connectivity index (χ0n) is 63.8. The van der Waals surface area contributed by atoms with Crippen molar-refractivity contribution in [2.75, 3.05) is 0 Å². The van der Waals surface area contributed by atoms with E-state index in [2.05, 4.69) is 146 Å². The summed E-state index contributed by atoms with van der Waals surface area (Å²) in [6.45, 7) is 17.0. The van der Waals surface area contributed by atoms with Gasteiger partial charge in [-0.1, -0.05) is 301 Å². The largest absolute Gasteiger partial charge is 0.508 e. The zero-order chi connectivity index (χ0) is 72.6. The molecular weight excluding hydrogens is 1350 g/mol. The van der Waals surface area contributed by atoms with Crippen LogP contribution < -0.4 is 42.5 Å². The van der Waals surface area contributed by atoms with Gasteiger partial charge in [0.05, 0.1) is 49.3 Å². The Bertz CT molecular complexity index is 3430. The second kappa shape index (κ2) is 34.7. The van der Waals surface area contributed by atoms with Crippen molar-refractivity contribution in [2.24, 2.45) is 47.3 Å². The van der Waals surface area contributed by atoms with Crippen LogP contribution in [-0.2, 0) is 41.1 Å². The molecule has 8 unspecified atom stereocenters. The summed E-state index contributed by atoms with van der Waals surface area (Å²) in [5, 5.41) is 73.4. The van der Waals surface area contributed by atoms with Gasteiger partial charge in [-0.3, -0.25) is 42.5 Å². The summed E-state index contributed by atoms with van der Waals surface area (Å²) in [6.07, 6.45) is 25.6. The number of hydrogen-bond acceptors (Lipinski definition) is 12. The predicted molar refractivity (Wildman–Crippen MR) is 424 cm³/mol. The summed E-state index contributed by atoms with van der Waals surface area (Å²) in [4.78, 5) is 0. The van der Waals surface area contributed by atoms with E-state index >= 15 is 0 Å². The third-order valence-corrected chi connectivity index (χ3v) is 26.1. The van der Waals surface area contributed by atoms with Gasteiger partial charge in [0.1, 0.15) is 23.0 Å². The molecule has 0 radical (unpaired) electrons. The van der Waals surface area contributed by atoms with Gasteiger partial charge >= 0.3 is 0 Å². The summed E-state index contributed by atoms with van der Waals surface area (Å²) in [5.74, 6) is 7.40. The van der Waals surface area contributed by atoms with E-state index in [1.165, 1.54) is 125 Å². The van der Waals surface area contributed by atoms with E-state index < -0.39 is 0 Å². The van der Waals surface area contributed by atoms with Gasteiger partial charge in [-0.25, -0.2) is 0 Å². The first kappa shape index (κ1) is 77.9. The third kappa shape index (κ3) is 17.4. The first-order valence-electron chi connectivity index (χ1n) is 39.7. The Hall–Kier alpha value is -6.74. The fraction of sp³-hybridized carbons (Fsp3) is 0.478. The third-order valence-electron chi connectivity index (χ3n) is 26.1. The molecule has 12 nitrogen and oxygen atoms in total. The molecule has 8 bridgehead atoms. The van der Waals surface area contributed by atoms with Gasteiger partial charge in [0, 0.05) is 63.4 Å². The summed E-state index contributed by atoms with van der Waals surface area (Å²) >= 11 is 0. The molecule has 5 heterocycles. The summed E-state index contributed by atoms with van der Waals surface area (Å²) in [5.41, 5.74) is 7.96. The van der Waals surface area contributed by atoms with E-state index in [0.717, 1.165) is 69.6 Å². The molecule has 0 amide bonds. The van der Waals surface area contributed by atoms with Crippen molar-refractivity contribution < 1.29 is 39.9 Å². The maximum atomic E-state index is 9.91. The van der Waals surface area contributed by atoms with Crippen molar-refractivity contribution in [1.82, 2.24) is 42.5 Å². The average Bonchev–Trinajstić information content (AvgIpc) is 1.63. The Morgan fingerprint density at radius 2 is 0.343 bits per heavy atom. The standard InChI is InChI=1S/C32H56N8.4C15H16O.Zn/c1-2-10-18-17(9-1)25-33-26(18)38-28-21-13-5-6-14-22(21)30(35-28)40-32-24-16-8-7-15-23(24)31(36-32)39-29-20-12-4-3-11-19(20)27(34-29)37-25;4*1-15(2,12-8-4-3-5-9-12)13-10-6-7-11-14(13)16;/h17-40H,1-16H2;4*3-11,16H,1-2H3;. The average molecular weight is 1470 g/mol. The maximum absolute atomic E-state index is 9.91. The van der Waals surface area contributed by atoms with Gasteiger partial charge in [-0.15, -0.1) is 0 Å². The van der Waals surface area contributed by atoms with Gasteiger partial charge in [0.2, 0.25) is 0 Å². The molecule has 8 aromatic carbocycles. The Balaban J connectivity index is 0.000000134. The summed E-state index contributed by atoms with van der Waals surface area (Å²) in [7, 11) is 0. The summed E-state index contributed by atoms with van der Waals surface area (Å²) < 4.78 is 0.